The number of thiol groups is 1. The van der Waals surface area contributed by atoms with E-state index < -0.39 is 0 Å². The van der Waals surface area contributed by atoms with Crippen molar-refractivity contribution < 1.29 is 0 Å². The lowest BCUT2D eigenvalue weighted by Gasteiger charge is -2.38. The zero-order valence-corrected chi connectivity index (χ0v) is 12.9. The molecule has 1 rings (SSSR count). The average Bonchev–Trinajstić information content (AvgIpc) is 2.60. The largest absolute Gasteiger partial charge is 0.299 e. The topological polar surface area (TPSA) is 27.0 Å². The second-order valence-corrected chi connectivity index (χ2v) is 6.36. The summed E-state index contributed by atoms with van der Waals surface area (Å²) < 4.78 is 0. The Balaban J connectivity index is 2.64. The molecule has 0 aromatic rings. The fourth-order valence-electron chi connectivity index (χ4n) is 2.99. The minimum absolute atomic E-state index is 0.388. The maximum absolute atomic E-state index is 8.78. The summed E-state index contributed by atoms with van der Waals surface area (Å²) >= 11 is 4.64. The Morgan fingerprint density at radius 1 is 1.22 bits per heavy atom. The van der Waals surface area contributed by atoms with E-state index in [-0.39, 0.29) is 0 Å². The molecule has 1 fully saturated rings. The number of nitrogens with zero attached hydrogens (tertiary/aromatic N) is 2. The summed E-state index contributed by atoms with van der Waals surface area (Å²) in [6.07, 6.45) is 8.74. The molecule has 0 unspecified atom stereocenters. The van der Waals surface area contributed by atoms with Gasteiger partial charge in [-0.3, -0.25) is 4.90 Å². The molecule has 0 N–H and O–H groups in total. The fraction of sp³-hybridized carbons (Fsp3) is 0.933. The first-order chi connectivity index (χ1) is 8.63. The highest BCUT2D eigenvalue weighted by Gasteiger charge is 2.32. The number of hydrogen-bond donors (Lipinski definition) is 1. The molecule has 0 atom stereocenters. The van der Waals surface area contributed by atoms with Crippen LogP contribution in [0.4, 0.5) is 0 Å². The molecule has 1 aliphatic carbocycles. The molecule has 0 aliphatic heterocycles. The molecular weight excluding hydrogens is 240 g/mol. The van der Waals surface area contributed by atoms with E-state index in [4.69, 9.17) is 5.26 Å². The van der Waals surface area contributed by atoms with E-state index in [1.165, 1.54) is 38.5 Å². The molecule has 0 bridgehead atoms. The van der Waals surface area contributed by atoms with E-state index in [0.717, 1.165) is 18.8 Å². The van der Waals surface area contributed by atoms with Gasteiger partial charge in [0.2, 0.25) is 0 Å². The molecule has 0 aromatic heterocycles. The molecule has 0 heterocycles. The lowest BCUT2D eigenvalue weighted by atomic mass is 9.81. The lowest BCUT2D eigenvalue weighted by Crippen LogP contribution is -2.43. The smallest absolute Gasteiger partial charge is 0.0635 e. The number of hydrogen-bond acceptors (Lipinski definition) is 3. The zero-order chi connectivity index (χ0) is 13.4. The van der Waals surface area contributed by atoms with Crippen molar-refractivity contribution in [1.29, 1.82) is 5.26 Å². The van der Waals surface area contributed by atoms with E-state index in [9.17, 15) is 0 Å². The van der Waals surface area contributed by atoms with E-state index >= 15 is 0 Å². The van der Waals surface area contributed by atoms with Crippen LogP contribution in [0.15, 0.2) is 0 Å². The molecule has 3 heteroatoms. The van der Waals surface area contributed by atoms with Crippen LogP contribution >= 0.6 is 12.6 Å². The zero-order valence-electron chi connectivity index (χ0n) is 12.0. The van der Waals surface area contributed by atoms with Gasteiger partial charge < -0.3 is 0 Å². The maximum Gasteiger partial charge on any atom is 0.0635 e. The van der Waals surface area contributed by atoms with Crippen molar-refractivity contribution in [2.45, 2.75) is 64.8 Å². The third-order valence-electron chi connectivity index (χ3n) is 4.28. The normalized spacial score (nSPS) is 19.8. The van der Waals surface area contributed by atoms with Crippen LogP contribution in [-0.2, 0) is 0 Å². The third kappa shape index (κ3) is 4.82. The Bertz CT molecular complexity index is 262. The van der Waals surface area contributed by atoms with Crippen LogP contribution < -0.4 is 0 Å². The predicted octanol–water partition coefficient (Wildman–Crippen LogP) is 3.88. The molecule has 0 radical (unpaired) electrons. The molecule has 0 saturated heterocycles. The fourth-order valence-corrected chi connectivity index (χ4v) is 3.41. The van der Waals surface area contributed by atoms with Gasteiger partial charge in [-0.25, -0.2) is 0 Å². The van der Waals surface area contributed by atoms with Crippen LogP contribution in [0.1, 0.15) is 58.8 Å². The molecule has 0 spiro atoms. The van der Waals surface area contributed by atoms with Gasteiger partial charge in [0.05, 0.1) is 6.07 Å². The SMILES string of the molecule is CC(C)N(CCC#N)CC1(CS)CCCCCC1. The quantitative estimate of drug-likeness (QED) is 0.584. The summed E-state index contributed by atoms with van der Waals surface area (Å²) in [4.78, 5) is 2.48. The molecule has 18 heavy (non-hydrogen) atoms. The van der Waals surface area contributed by atoms with Gasteiger partial charge in [-0.1, -0.05) is 25.7 Å². The van der Waals surface area contributed by atoms with Gasteiger partial charge >= 0.3 is 0 Å². The van der Waals surface area contributed by atoms with Crippen molar-refractivity contribution in [1.82, 2.24) is 4.90 Å². The van der Waals surface area contributed by atoms with Gasteiger partial charge in [0.15, 0.2) is 0 Å². The van der Waals surface area contributed by atoms with Gasteiger partial charge in [-0.15, -0.1) is 0 Å². The highest BCUT2D eigenvalue weighted by atomic mass is 32.1. The van der Waals surface area contributed by atoms with Crippen LogP contribution in [0.2, 0.25) is 0 Å². The summed E-state index contributed by atoms with van der Waals surface area (Å²) in [6.45, 7) is 6.50. The highest BCUT2D eigenvalue weighted by Crippen LogP contribution is 2.37. The standard InChI is InChI=1S/C15H28N2S/c1-14(2)17(11-7-10-16)12-15(13-18)8-5-3-4-6-9-15/h14,18H,3-9,11-13H2,1-2H3. The van der Waals surface area contributed by atoms with Crippen molar-refractivity contribution in [3.63, 3.8) is 0 Å². The molecular formula is C15H28N2S. The molecule has 1 saturated carbocycles. The summed E-state index contributed by atoms with van der Waals surface area (Å²) in [7, 11) is 0. The number of rotatable bonds is 6. The van der Waals surface area contributed by atoms with Crippen LogP contribution in [0.5, 0.6) is 0 Å². The first-order valence-electron chi connectivity index (χ1n) is 7.35. The second kappa shape index (κ2) is 8.07. The van der Waals surface area contributed by atoms with Crippen molar-refractivity contribution in [2.24, 2.45) is 5.41 Å². The van der Waals surface area contributed by atoms with Gasteiger partial charge in [0, 0.05) is 25.6 Å². The van der Waals surface area contributed by atoms with Gasteiger partial charge in [-0.05, 0) is 37.9 Å². The van der Waals surface area contributed by atoms with Crippen LogP contribution in [0.25, 0.3) is 0 Å². The van der Waals surface area contributed by atoms with Crippen molar-refractivity contribution in [2.75, 3.05) is 18.8 Å². The third-order valence-corrected chi connectivity index (χ3v) is 4.95. The van der Waals surface area contributed by atoms with E-state index in [0.29, 0.717) is 17.9 Å². The maximum atomic E-state index is 8.78. The Morgan fingerprint density at radius 3 is 2.28 bits per heavy atom. The molecule has 0 amide bonds. The van der Waals surface area contributed by atoms with E-state index in [2.05, 4.69) is 37.4 Å². The van der Waals surface area contributed by atoms with E-state index in [1.807, 2.05) is 0 Å². The highest BCUT2D eigenvalue weighted by molar-refractivity contribution is 7.80. The molecule has 0 aromatic carbocycles. The summed E-state index contributed by atoms with van der Waals surface area (Å²) in [5.74, 6) is 0.989. The lowest BCUT2D eigenvalue weighted by molar-refractivity contribution is 0.125. The summed E-state index contributed by atoms with van der Waals surface area (Å²) in [5.41, 5.74) is 0.388. The minimum atomic E-state index is 0.388. The molecule has 104 valence electrons. The monoisotopic (exact) mass is 268 g/mol. The van der Waals surface area contributed by atoms with Gasteiger partial charge in [0.1, 0.15) is 0 Å². The Morgan fingerprint density at radius 2 is 1.83 bits per heavy atom. The predicted molar refractivity (Wildman–Crippen MR) is 80.9 cm³/mol. The summed E-state index contributed by atoms with van der Waals surface area (Å²) in [6, 6.07) is 2.80. The molecule has 2 nitrogen and oxygen atoms in total. The first kappa shape index (κ1) is 15.9. The Kier molecular flexibility index (Phi) is 7.11. The average molecular weight is 268 g/mol. The van der Waals surface area contributed by atoms with Crippen molar-refractivity contribution >= 4 is 12.6 Å². The number of nitriles is 1. The first-order valence-corrected chi connectivity index (χ1v) is 7.99. The van der Waals surface area contributed by atoms with E-state index in [1.54, 1.807) is 0 Å². The molecule has 1 aliphatic rings. The summed E-state index contributed by atoms with van der Waals surface area (Å²) in [5, 5.41) is 8.78. The van der Waals surface area contributed by atoms with Crippen LogP contribution in [0, 0.1) is 16.7 Å². The van der Waals surface area contributed by atoms with Crippen molar-refractivity contribution in [3.05, 3.63) is 0 Å². The van der Waals surface area contributed by atoms with Crippen LogP contribution in [-0.4, -0.2) is 29.8 Å². The van der Waals surface area contributed by atoms with Gasteiger partial charge in [-0.2, -0.15) is 17.9 Å². The van der Waals surface area contributed by atoms with Gasteiger partial charge in [0.25, 0.3) is 0 Å². The van der Waals surface area contributed by atoms with Crippen molar-refractivity contribution in [3.8, 4) is 6.07 Å². The van der Waals surface area contributed by atoms with Crippen LogP contribution in [0.3, 0.4) is 0 Å². The Hall–Kier alpha value is -0.200. The second-order valence-electron chi connectivity index (χ2n) is 6.04. The minimum Gasteiger partial charge on any atom is -0.299 e. The Labute approximate surface area is 118 Å².